The van der Waals surface area contributed by atoms with Crippen LogP contribution in [0.15, 0.2) is 0 Å². The van der Waals surface area contributed by atoms with Gasteiger partial charge in [0, 0.05) is 26.6 Å². The predicted octanol–water partition coefficient (Wildman–Crippen LogP) is 2.05. The second-order valence-electron chi connectivity index (χ2n) is 6.29. The van der Waals surface area contributed by atoms with E-state index in [1.807, 2.05) is 4.90 Å². The Labute approximate surface area is 120 Å². The molecule has 0 spiro atoms. The molecule has 0 aromatic heterocycles. The highest BCUT2D eigenvalue weighted by Gasteiger charge is 2.39. The number of carbonyl (C=O) groups is 2. The minimum atomic E-state index is -0.784. The Morgan fingerprint density at radius 2 is 1.95 bits per heavy atom. The van der Waals surface area contributed by atoms with Gasteiger partial charge in [-0.25, -0.2) is 0 Å². The van der Waals surface area contributed by atoms with Crippen LogP contribution >= 0.6 is 0 Å². The molecule has 2 aliphatic rings. The second-order valence-corrected chi connectivity index (χ2v) is 6.29. The number of hydrogen-bond donors (Lipinski definition) is 1. The van der Waals surface area contributed by atoms with Crippen LogP contribution in [0.1, 0.15) is 51.4 Å². The van der Waals surface area contributed by atoms with Crippen molar-refractivity contribution >= 4 is 11.9 Å². The quantitative estimate of drug-likeness (QED) is 0.838. The van der Waals surface area contributed by atoms with E-state index in [1.165, 1.54) is 0 Å². The third-order valence-corrected chi connectivity index (χ3v) is 4.78. The Hall–Kier alpha value is -1.10. The van der Waals surface area contributed by atoms with Gasteiger partial charge in [0.2, 0.25) is 5.91 Å². The molecule has 5 heteroatoms. The Morgan fingerprint density at radius 1 is 1.25 bits per heavy atom. The standard InChI is InChI=1S/C15H25NO4/c1-20-12-5-4-8-16(11-12)13(17)9-15(10-14(18)19)6-2-3-7-15/h12H,2-11H2,1H3,(H,18,19). The van der Waals surface area contributed by atoms with Crippen LogP contribution in [0.25, 0.3) is 0 Å². The highest BCUT2D eigenvalue weighted by atomic mass is 16.5. The molecule has 20 heavy (non-hydrogen) atoms. The molecule has 0 bridgehead atoms. The molecule has 2 rings (SSSR count). The number of rotatable bonds is 5. The van der Waals surface area contributed by atoms with Gasteiger partial charge in [-0.05, 0) is 31.1 Å². The number of piperidine rings is 1. The first kappa shape index (κ1) is 15.3. The first-order valence-corrected chi connectivity index (χ1v) is 7.57. The monoisotopic (exact) mass is 283 g/mol. The van der Waals surface area contributed by atoms with Gasteiger partial charge in [0.25, 0.3) is 0 Å². The Kier molecular flexibility index (Phi) is 5.02. The third kappa shape index (κ3) is 3.72. The Balaban J connectivity index is 1.96. The largest absolute Gasteiger partial charge is 0.481 e. The molecule has 5 nitrogen and oxygen atoms in total. The van der Waals surface area contributed by atoms with Crippen LogP contribution in [-0.2, 0) is 14.3 Å². The fraction of sp³-hybridized carbons (Fsp3) is 0.867. The summed E-state index contributed by atoms with van der Waals surface area (Å²) in [5.41, 5.74) is -0.303. The zero-order valence-corrected chi connectivity index (χ0v) is 12.3. The molecule has 1 aliphatic carbocycles. The van der Waals surface area contributed by atoms with Crippen molar-refractivity contribution in [1.29, 1.82) is 0 Å². The maximum absolute atomic E-state index is 12.5. The van der Waals surface area contributed by atoms with Gasteiger partial charge in [-0.2, -0.15) is 0 Å². The summed E-state index contributed by atoms with van der Waals surface area (Å²) in [6, 6.07) is 0. The average Bonchev–Trinajstić information content (AvgIpc) is 2.86. The Bertz CT molecular complexity index is 363. The summed E-state index contributed by atoms with van der Waals surface area (Å²) in [6.07, 6.45) is 6.43. The summed E-state index contributed by atoms with van der Waals surface area (Å²) in [7, 11) is 1.68. The van der Waals surface area contributed by atoms with Gasteiger partial charge in [0.1, 0.15) is 0 Å². The van der Waals surface area contributed by atoms with E-state index in [2.05, 4.69) is 0 Å². The van der Waals surface area contributed by atoms with E-state index in [4.69, 9.17) is 9.84 Å². The molecule has 1 atom stereocenters. The number of carboxylic acid groups (broad SMARTS) is 1. The Morgan fingerprint density at radius 3 is 2.55 bits per heavy atom. The fourth-order valence-electron chi connectivity index (χ4n) is 3.65. The van der Waals surface area contributed by atoms with Crippen molar-refractivity contribution < 1.29 is 19.4 Å². The first-order valence-electron chi connectivity index (χ1n) is 7.57. The predicted molar refractivity (Wildman–Crippen MR) is 74.4 cm³/mol. The summed E-state index contributed by atoms with van der Waals surface area (Å²) in [5.74, 6) is -0.678. The summed E-state index contributed by atoms with van der Waals surface area (Å²) >= 11 is 0. The van der Waals surface area contributed by atoms with Gasteiger partial charge in [-0.15, -0.1) is 0 Å². The second kappa shape index (κ2) is 6.57. The molecular weight excluding hydrogens is 258 g/mol. The van der Waals surface area contributed by atoms with Crippen LogP contribution in [0, 0.1) is 5.41 Å². The van der Waals surface area contributed by atoms with Gasteiger partial charge in [0.15, 0.2) is 0 Å². The number of ether oxygens (including phenoxy) is 1. The number of likely N-dealkylation sites (tertiary alicyclic amines) is 1. The highest BCUT2D eigenvalue weighted by molar-refractivity contribution is 5.78. The number of methoxy groups -OCH3 is 1. The zero-order chi connectivity index (χ0) is 14.6. The highest BCUT2D eigenvalue weighted by Crippen LogP contribution is 2.44. The lowest BCUT2D eigenvalue weighted by molar-refractivity contribution is -0.142. The van der Waals surface area contributed by atoms with Gasteiger partial charge in [-0.3, -0.25) is 9.59 Å². The van der Waals surface area contributed by atoms with Crippen molar-refractivity contribution in [3.63, 3.8) is 0 Å². The van der Waals surface area contributed by atoms with Crippen molar-refractivity contribution in [2.75, 3.05) is 20.2 Å². The molecule has 0 aromatic rings. The van der Waals surface area contributed by atoms with Gasteiger partial charge >= 0.3 is 5.97 Å². The lowest BCUT2D eigenvalue weighted by atomic mass is 9.79. The summed E-state index contributed by atoms with van der Waals surface area (Å²) in [6.45, 7) is 1.43. The maximum Gasteiger partial charge on any atom is 0.303 e. The van der Waals surface area contributed by atoms with Crippen LogP contribution in [0.3, 0.4) is 0 Å². The zero-order valence-electron chi connectivity index (χ0n) is 12.3. The molecule has 1 saturated heterocycles. The molecule has 1 aliphatic heterocycles. The van der Waals surface area contributed by atoms with E-state index >= 15 is 0 Å². The summed E-state index contributed by atoms with van der Waals surface area (Å²) in [5, 5.41) is 9.10. The molecule has 1 saturated carbocycles. The van der Waals surface area contributed by atoms with Crippen LogP contribution in [0.2, 0.25) is 0 Å². The molecule has 1 unspecified atom stereocenters. The molecule has 1 amide bonds. The topological polar surface area (TPSA) is 66.8 Å². The number of aliphatic carboxylic acids is 1. The molecule has 0 aromatic carbocycles. The minimum absolute atomic E-state index is 0.106. The van der Waals surface area contributed by atoms with Crippen molar-refractivity contribution in [2.24, 2.45) is 5.41 Å². The number of nitrogens with zero attached hydrogens (tertiary/aromatic N) is 1. The molecular formula is C15H25NO4. The van der Waals surface area contributed by atoms with E-state index in [-0.39, 0.29) is 23.8 Å². The number of hydrogen-bond acceptors (Lipinski definition) is 3. The van der Waals surface area contributed by atoms with E-state index in [1.54, 1.807) is 7.11 Å². The van der Waals surface area contributed by atoms with Gasteiger partial charge < -0.3 is 14.7 Å². The van der Waals surface area contributed by atoms with E-state index in [0.29, 0.717) is 13.0 Å². The molecule has 2 fully saturated rings. The molecule has 1 N–H and O–H groups in total. The fourth-order valence-corrected chi connectivity index (χ4v) is 3.65. The normalized spacial score (nSPS) is 25.6. The molecule has 1 heterocycles. The first-order chi connectivity index (χ1) is 9.54. The lowest BCUT2D eigenvalue weighted by Crippen LogP contribution is -2.44. The number of amides is 1. The maximum atomic E-state index is 12.5. The lowest BCUT2D eigenvalue weighted by Gasteiger charge is -2.35. The van der Waals surface area contributed by atoms with E-state index in [9.17, 15) is 9.59 Å². The SMILES string of the molecule is COC1CCCN(C(=O)CC2(CC(=O)O)CCCC2)C1. The van der Waals surface area contributed by atoms with E-state index < -0.39 is 5.97 Å². The van der Waals surface area contributed by atoms with Crippen LogP contribution in [-0.4, -0.2) is 48.2 Å². The third-order valence-electron chi connectivity index (χ3n) is 4.78. The van der Waals surface area contributed by atoms with Crippen LogP contribution in [0.5, 0.6) is 0 Å². The molecule has 0 radical (unpaired) electrons. The van der Waals surface area contributed by atoms with E-state index in [0.717, 1.165) is 45.1 Å². The smallest absolute Gasteiger partial charge is 0.303 e. The minimum Gasteiger partial charge on any atom is -0.481 e. The van der Waals surface area contributed by atoms with Crippen molar-refractivity contribution in [2.45, 2.75) is 57.5 Å². The van der Waals surface area contributed by atoms with Gasteiger partial charge in [-0.1, -0.05) is 12.8 Å². The van der Waals surface area contributed by atoms with Crippen molar-refractivity contribution in [1.82, 2.24) is 4.90 Å². The van der Waals surface area contributed by atoms with Gasteiger partial charge in [0.05, 0.1) is 12.5 Å². The summed E-state index contributed by atoms with van der Waals surface area (Å²) in [4.78, 5) is 25.4. The van der Waals surface area contributed by atoms with Crippen molar-refractivity contribution in [3.8, 4) is 0 Å². The number of carbonyl (C=O) groups excluding carboxylic acids is 1. The molecule has 114 valence electrons. The average molecular weight is 283 g/mol. The number of carboxylic acids is 1. The van der Waals surface area contributed by atoms with Crippen LogP contribution in [0.4, 0.5) is 0 Å². The van der Waals surface area contributed by atoms with Crippen molar-refractivity contribution in [3.05, 3.63) is 0 Å². The van der Waals surface area contributed by atoms with Crippen LogP contribution < -0.4 is 0 Å². The summed E-state index contributed by atoms with van der Waals surface area (Å²) < 4.78 is 5.34.